The summed E-state index contributed by atoms with van der Waals surface area (Å²) in [7, 11) is 0. The highest BCUT2D eigenvalue weighted by atomic mass is 16.1. The number of fused-ring (bicyclic) bond motifs is 8. The molecule has 0 saturated heterocycles. The second-order valence-electron chi connectivity index (χ2n) is 8.67. The fourth-order valence-corrected chi connectivity index (χ4v) is 3.60. The first kappa shape index (κ1) is 18.3. The summed E-state index contributed by atoms with van der Waals surface area (Å²) in [6.07, 6.45) is 5.87. The predicted octanol–water partition coefficient (Wildman–Crippen LogP) is 5.64. The van der Waals surface area contributed by atoms with Crippen LogP contribution in [-0.4, -0.2) is 25.7 Å². The average Bonchev–Trinajstić information content (AvgIpc) is 3.45. The van der Waals surface area contributed by atoms with Gasteiger partial charge in [-0.15, -0.1) is 0 Å². The number of nitrogens with zero attached hydrogens (tertiary/aromatic N) is 2. The van der Waals surface area contributed by atoms with E-state index in [-0.39, 0.29) is 5.78 Å². The monoisotopic (exact) mass is 394 g/mol. The summed E-state index contributed by atoms with van der Waals surface area (Å²) >= 11 is 0. The molecule has 5 heterocycles. The van der Waals surface area contributed by atoms with Crippen molar-refractivity contribution in [2.45, 2.75) is 20.8 Å². The minimum atomic E-state index is -0.487. The van der Waals surface area contributed by atoms with E-state index >= 15 is 0 Å². The van der Waals surface area contributed by atoms with Crippen LogP contribution >= 0.6 is 0 Å². The molecule has 2 N–H and O–H groups in total. The first-order valence-corrected chi connectivity index (χ1v) is 9.97. The summed E-state index contributed by atoms with van der Waals surface area (Å²) in [5.41, 5.74) is 7.08. The number of carbonyl (C=O) groups excluding carboxylic acids is 1. The van der Waals surface area contributed by atoms with Crippen molar-refractivity contribution in [1.82, 2.24) is 19.9 Å². The summed E-state index contributed by atoms with van der Waals surface area (Å²) in [6, 6.07) is 15.9. The molecule has 3 aromatic heterocycles. The van der Waals surface area contributed by atoms with Crippen LogP contribution in [0.25, 0.3) is 45.9 Å². The van der Waals surface area contributed by atoms with Gasteiger partial charge in [0.2, 0.25) is 0 Å². The first-order chi connectivity index (χ1) is 14.3. The Labute approximate surface area is 174 Å². The van der Waals surface area contributed by atoms with E-state index in [1.165, 1.54) is 0 Å². The molecule has 148 valence electrons. The second-order valence-corrected chi connectivity index (χ2v) is 8.67. The number of aromatic nitrogens is 4. The van der Waals surface area contributed by atoms with Crippen LogP contribution in [0.4, 0.5) is 0 Å². The maximum atomic E-state index is 13.1. The lowest BCUT2D eigenvalue weighted by Crippen LogP contribution is -2.20. The molecule has 3 aromatic rings. The van der Waals surface area contributed by atoms with E-state index < -0.39 is 5.41 Å². The fraction of sp³-hybridized carbons (Fsp3) is 0.160. The summed E-state index contributed by atoms with van der Waals surface area (Å²) in [6.45, 7) is 5.79. The Bertz CT molecular complexity index is 1390. The summed E-state index contributed by atoms with van der Waals surface area (Å²) in [5.74, 6) is 0.0749. The zero-order valence-electron chi connectivity index (χ0n) is 17.2. The van der Waals surface area contributed by atoms with Crippen molar-refractivity contribution in [2.24, 2.45) is 5.41 Å². The van der Waals surface area contributed by atoms with Crippen molar-refractivity contribution in [3.63, 3.8) is 0 Å². The van der Waals surface area contributed by atoms with E-state index in [2.05, 4.69) is 15.0 Å². The van der Waals surface area contributed by atoms with Gasteiger partial charge in [-0.2, -0.15) is 0 Å². The summed E-state index contributed by atoms with van der Waals surface area (Å²) in [5, 5.41) is 0. The van der Waals surface area contributed by atoms with Gasteiger partial charge in [0, 0.05) is 33.1 Å². The van der Waals surface area contributed by atoms with Crippen LogP contribution in [0.3, 0.4) is 0 Å². The maximum absolute atomic E-state index is 13.1. The number of ketones is 1. The van der Waals surface area contributed by atoms with Gasteiger partial charge in [0.25, 0.3) is 0 Å². The number of rotatable bonds is 1. The van der Waals surface area contributed by atoms with Crippen LogP contribution < -0.4 is 0 Å². The highest BCUT2D eigenvalue weighted by Crippen LogP contribution is 2.30. The molecule has 0 aliphatic carbocycles. The number of carbonyl (C=O) groups is 1. The minimum Gasteiger partial charge on any atom is -0.355 e. The van der Waals surface area contributed by atoms with E-state index in [0.29, 0.717) is 11.3 Å². The lowest BCUT2D eigenvalue weighted by atomic mass is 9.85. The summed E-state index contributed by atoms with van der Waals surface area (Å²) in [4.78, 5) is 29.2. The predicted molar refractivity (Wildman–Crippen MR) is 122 cm³/mol. The van der Waals surface area contributed by atoms with Gasteiger partial charge in [0.1, 0.15) is 0 Å². The van der Waals surface area contributed by atoms with Gasteiger partial charge in [0.05, 0.1) is 22.8 Å². The highest BCUT2D eigenvalue weighted by molar-refractivity contribution is 6.27. The number of hydrogen-bond donors (Lipinski definition) is 2. The standard InChI is InChI=1S/C25H22N4O/c1-25(2,3)24(30)22-13-21-12-19-7-6-17(27-19)10-15-4-5-16(26-15)11-18-8-9-20(28-18)14-23(22)29-21/h4-14,27-28H,1-3H3. The number of allylic oxidation sites excluding steroid dienone is 1. The Morgan fingerprint density at radius 2 is 1.23 bits per heavy atom. The molecule has 0 aromatic carbocycles. The molecule has 8 bridgehead atoms. The topological polar surface area (TPSA) is 74.4 Å². The molecule has 0 saturated carbocycles. The quantitative estimate of drug-likeness (QED) is 0.439. The highest BCUT2D eigenvalue weighted by Gasteiger charge is 2.28. The van der Waals surface area contributed by atoms with Crippen LogP contribution in [0.5, 0.6) is 0 Å². The Morgan fingerprint density at radius 3 is 1.77 bits per heavy atom. The normalized spacial score (nSPS) is 13.4. The molecule has 2 aliphatic heterocycles. The largest absolute Gasteiger partial charge is 0.355 e. The molecule has 0 fully saturated rings. The zero-order chi connectivity index (χ0) is 20.9. The van der Waals surface area contributed by atoms with E-state index in [1.807, 2.05) is 87.5 Å². The molecule has 2 aliphatic rings. The van der Waals surface area contributed by atoms with Crippen molar-refractivity contribution in [2.75, 3.05) is 0 Å². The fourth-order valence-electron chi connectivity index (χ4n) is 3.60. The Kier molecular flexibility index (Phi) is 4.07. The number of Topliss-reactive ketones (excluding diaryl/α,β-unsaturated/α-hetero) is 1. The molecular formula is C25H22N4O. The van der Waals surface area contributed by atoms with Crippen LogP contribution in [0.15, 0.2) is 48.5 Å². The van der Waals surface area contributed by atoms with Crippen molar-refractivity contribution in [3.8, 4) is 0 Å². The smallest absolute Gasteiger partial charge is 0.170 e. The third-order valence-corrected chi connectivity index (χ3v) is 5.09. The van der Waals surface area contributed by atoms with Gasteiger partial charge in [0.15, 0.2) is 5.78 Å². The Hall–Kier alpha value is -3.73. The van der Waals surface area contributed by atoms with Crippen LogP contribution in [0, 0.1) is 5.41 Å². The molecule has 0 amide bonds. The minimum absolute atomic E-state index is 0.0749. The molecule has 0 atom stereocenters. The van der Waals surface area contributed by atoms with Crippen LogP contribution in [0.2, 0.25) is 0 Å². The number of nitrogens with one attached hydrogen (secondary N) is 2. The Morgan fingerprint density at radius 1 is 0.733 bits per heavy atom. The second kappa shape index (κ2) is 6.66. The van der Waals surface area contributed by atoms with E-state index in [9.17, 15) is 4.79 Å². The van der Waals surface area contributed by atoms with Gasteiger partial charge in [-0.05, 0) is 66.8 Å². The van der Waals surface area contributed by atoms with Gasteiger partial charge in [-0.3, -0.25) is 4.79 Å². The van der Waals surface area contributed by atoms with Crippen LogP contribution in [-0.2, 0) is 4.79 Å². The zero-order valence-corrected chi connectivity index (χ0v) is 17.2. The SMILES string of the molecule is CC(C)(C)C(=O)C1=Cc2cc3ccc(cc4nc(cc5ccc(cc1n2)[nH]5)C=C4)[nH]3. The van der Waals surface area contributed by atoms with E-state index in [0.717, 1.165) is 39.1 Å². The third kappa shape index (κ3) is 3.50. The van der Waals surface area contributed by atoms with Crippen molar-refractivity contribution < 1.29 is 4.79 Å². The van der Waals surface area contributed by atoms with Gasteiger partial charge in [-0.25, -0.2) is 9.97 Å². The van der Waals surface area contributed by atoms with Crippen LogP contribution in [0.1, 0.15) is 43.5 Å². The third-order valence-electron chi connectivity index (χ3n) is 5.09. The molecule has 0 radical (unpaired) electrons. The maximum Gasteiger partial charge on any atom is 0.170 e. The molecular weight excluding hydrogens is 372 g/mol. The number of hydrogen-bond acceptors (Lipinski definition) is 3. The average molecular weight is 394 g/mol. The first-order valence-electron chi connectivity index (χ1n) is 9.97. The summed E-state index contributed by atoms with van der Waals surface area (Å²) < 4.78 is 0. The number of aromatic amines is 2. The van der Waals surface area contributed by atoms with Gasteiger partial charge < -0.3 is 9.97 Å². The lowest BCUT2D eigenvalue weighted by molar-refractivity contribution is -0.120. The lowest BCUT2D eigenvalue weighted by Gasteiger charge is -2.16. The molecule has 5 nitrogen and oxygen atoms in total. The molecule has 0 unspecified atom stereocenters. The Balaban J connectivity index is 1.80. The molecule has 0 spiro atoms. The molecule has 30 heavy (non-hydrogen) atoms. The molecule has 5 rings (SSSR count). The van der Waals surface area contributed by atoms with E-state index in [1.54, 1.807) is 0 Å². The van der Waals surface area contributed by atoms with Crippen molar-refractivity contribution in [3.05, 3.63) is 71.3 Å². The van der Waals surface area contributed by atoms with E-state index in [4.69, 9.17) is 4.98 Å². The van der Waals surface area contributed by atoms with Gasteiger partial charge in [-0.1, -0.05) is 20.8 Å². The number of H-pyrrole nitrogens is 2. The van der Waals surface area contributed by atoms with Crippen molar-refractivity contribution >= 4 is 51.7 Å². The molecule has 5 heteroatoms. The van der Waals surface area contributed by atoms with Crippen molar-refractivity contribution in [1.29, 1.82) is 0 Å². The van der Waals surface area contributed by atoms with Gasteiger partial charge >= 0.3 is 0 Å².